The number of aromatic carboxylic acids is 1. The van der Waals surface area contributed by atoms with Crippen LogP contribution in [-0.2, 0) is 0 Å². The van der Waals surface area contributed by atoms with Crippen LogP contribution >= 0.6 is 0 Å². The number of carboxylic acid groups (broad SMARTS) is 1. The standard InChI is InChI=1S/C24H18F2N2O3/c1-15-21(23(29)30)14-28(27-15)18-12-19(16-8-4-2-5-9-16)22(31-24(25)26)20(13-18)17-10-6-3-7-11-17/h2-14,24H,1H3,(H,29,30). The van der Waals surface area contributed by atoms with Gasteiger partial charge in [0.25, 0.3) is 0 Å². The van der Waals surface area contributed by atoms with E-state index in [9.17, 15) is 18.7 Å². The third-order valence-corrected chi connectivity index (χ3v) is 4.84. The summed E-state index contributed by atoms with van der Waals surface area (Å²) in [7, 11) is 0. The Morgan fingerprint density at radius 1 is 0.968 bits per heavy atom. The maximum absolute atomic E-state index is 13.4. The second-order valence-corrected chi connectivity index (χ2v) is 6.86. The Kier molecular flexibility index (Phi) is 5.49. The van der Waals surface area contributed by atoms with Gasteiger partial charge in [-0.15, -0.1) is 0 Å². The normalized spacial score (nSPS) is 11.0. The molecule has 0 atom stereocenters. The molecule has 4 rings (SSSR count). The molecule has 0 amide bonds. The van der Waals surface area contributed by atoms with E-state index in [0.29, 0.717) is 33.6 Å². The Hall–Kier alpha value is -4.00. The van der Waals surface area contributed by atoms with E-state index in [1.165, 1.54) is 10.9 Å². The molecule has 0 spiro atoms. The van der Waals surface area contributed by atoms with E-state index < -0.39 is 12.6 Å². The minimum atomic E-state index is -3.01. The van der Waals surface area contributed by atoms with Gasteiger partial charge in [-0.25, -0.2) is 9.48 Å². The zero-order chi connectivity index (χ0) is 22.0. The topological polar surface area (TPSA) is 64.4 Å². The van der Waals surface area contributed by atoms with Gasteiger partial charge in [0, 0.05) is 17.3 Å². The van der Waals surface area contributed by atoms with Crippen LogP contribution in [0.3, 0.4) is 0 Å². The van der Waals surface area contributed by atoms with Gasteiger partial charge < -0.3 is 9.84 Å². The highest BCUT2D eigenvalue weighted by molar-refractivity contribution is 5.89. The first kappa shape index (κ1) is 20.3. The summed E-state index contributed by atoms with van der Waals surface area (Å²) < 4.78 is 33.2. The van der Waals surface area contributed by atoms with Crippen molar-refractivity contribution in [2.24, 2.45) is 0 Å². The van der Waals surface area contributed by atoms with E-state index in [1.54, 1.807) is 67.6 Å². The number of carbonyl (C=O) groups is 1. The summed E-state index contributed by atoms with van der Waals surface area (Å²) in [6.45, 7) is -1.41. The maximum atomic E-state index is 13.4. The molecule has 4 aromatic rings. The first-order chi connectivity index (χ1) is 14.9. The number of hydrogen-bond acceptors (Lipinski definition) is 3. The number of benzene rings is 3. The second kappa shape index (κ2) is 8.39. The number of nitrogens with zero attached hydrogens (tertiary/aromatic N) is 2. The number of halogens is 2. The van der Waals surface area contributed by atoms with Crippen molar-refractivity contribution < 1.29 is 23.4 Å². The second-order valence-electron chi connectivity index (χ2n) is 6.86. The SMILES string of the molecule is Cc1nn(-c2cc(-c3ccccc3)c(OC(F)F)c(-c3ccccc3)c2)cc1C(=O)O. The number of carboxylic acids is 1. The number of aromatic nitrogens is 2. The van der Waals surface area contributed by atoms with Crippen LogP contribution in [0, 0.1) is 6.92 Å². The fourth-order valence-corrected chi connectivity index (χ4v) is 3.43. The maximum Gasteiger partial charge on any atom is 0.387 e. The Labute approximate surface area is 177 Å². The highest BCUT2D eigenvalue weighted by Gasteiger charge is 2.21. The van der Waals surface area contributed by atoms with Crippen molar-refractivity contribution in [1.29, 1.82) is 0 Å². The summed E-state index contributed by atoms with van der Waals surface area (Å²) in [5, 5.41) is 13.7. The summed E-state index contributed by atoms with van der Waals surface area (Å²) in [6, 6.07) is 21.4. The number of ether oxygens (including phenoxy) is 1. The van der Waals surface area contributed by atoms with Crippen LogP contribution in [0.5, 0.6) is 5.75 Å². The Morgan fingerprint density at radius 2 is 1.48 bits per heavy atom. The first-order valence-electron chi connectivity index (χ1n) is 9.47. The fourth-order valence-electron chi connectivity index (χ4n) is 3.43. The van der Waals surface area contributed by atoms with Crippen molar-refractivity contribution in [3.05, 3.63) is 90.3 Å². The van der Waals surface area contributed by atoms with E-state index in [-0.39, 0.29) is 11.3 Å². The van der Waals surface area contributed by atoms with Gasteiger partial charge in [0.05, 0.1) is 11.4 Å². The lowest BCUT2D eigenvalue weighted by Gasteiger charge is -2.18. The van der Waals surface area contributed by atoms with Crippen LogP contribution < -0.4 is 4.74 Å². The molecule has 0 radical (unpaired) electrons. The van der Waals surface area contributed by atoms with Crippen molar-refractivity contribution in [1.82, 2.24) is 9.78 Å². The Morgan fingerprint density at radius 3 is 1.90 bits per heavy atom. The molecule has 0 fully saturated rings. The monoisotopic (exact) mass is 420 g/mol. The third-order valence-electron chi connectivity index (χ3n) is 4.84. The van der Waals surface area contributed by atoms with Crippen LogP contribution in [0.25, 0.3) is 27.9 Å². The number of hydrogen-bond donors (Lipinski definition) is 1. The van der Waals surface area contributed by atoms with Crippen LogP contribution in [0.2, 0.25) is 0 Å². The lowest BCUT2D eigenvalue weighted by Crippen LogP contribution is -2.06. The highest BCUT2D eigenvalue weighted by Crippen LogP contribution is 2.42. The lowest BCUT2D eigenvalue weighted by atomic mass is 9.96. The van der Waals surface area contributed by atoms with Gasteiger partial charge in [0.2, 0.25) is 0 Å². The zero-order valence-corrected chi connectivity index (χ0v) is 16.5. The molecule has 3 aromatic carbocycles. The predicted molar refractivity (Wildman–Crippen MR) is 113 cm³/mol. The Balaban J connectivity index is 2.01. The molecule has 0 saturated heterocycles. The minimum absolute atomic E-state index is 0.0403. The molecule has 0 aliphatic heterocycles. The quantitative estimate of drug-likeness (QED) is 0.427. The summed E-state index contributed by atoms with van der Waals surface area (Å²) in [6.07, 6.45) is 1.41. The molecule has 0 bridgehead atoms. The number of aryl methyl sites for hydroxylation is 1. The summed E-state index contributed by atoms with van der Waals surface area (Å²) in [5.74, 6) is -1.05. The van der Waals surface area contributed by atoms with Crippen LogP contribution in [0.4, 0.5) is 8.78 Å². The highest BCUT2D eigenvalue weighted by atomic mass is 19.3. The number of alkyl halides is 2. The van der Waals surface area contributed by atoms with Crippen LogP contribution in [0.15, 0.2) is 79.0 Å². The molecule has 7 heteroatoms. The lowest BCUT2D eigenvalue weighted by molar-refractivity contribution is -0.0490. The molecule has 1 heterocycles. The molecule has 5 nitrogen and oxygen atoms in total. The van der Waals surface area contributed by atoms with Gasteiger partial charge in [-0.2, -0.15) is 13.9 Å². The molecule has 31 heavy (non-hydrogen) atoms. The van der Waals surface area contributed by atoms with E-state index in [0.717, 1.165) is 0 Å². The fraction of sp³-hybridized carbons (Fsp3) is 0.0833. The van der Waals surface area contributed by atoms with Crippen molar-refractivity contribution in [3.63, 3.8) is 0 Å². The van der Waals surface area contributed by atoms with Crippen molar-refractivity contribution >= 4 is 5.97 Å². The molecule has 1 N–H and O–H groups in total. The van der Waals surface area contributed by atoms with Crippen LogP contribution in [-0.4, -0.2) is 27.5 Å². The molecular formula is C24H18F2N2O3. The van der Waals surface area contributed by atoms with Gasteiger partial charge in [-0.3, -0.25) is 0 Å². The molecule has 0 aliphatic carbocycles. The summed E-state index contributed by atoms with van der Waals surface area (Å²) in [5.41, 5.74) is 3.19. The van der Waals surface area contributed by atoms with Gasteiger partial charge in [-0.1, -0.05) is 60.7 Å². The Bertz CT molecular complexity index is 1160. The molecule has 0 unspecified atom stereocenters. The van der Waals surface area contributed by atoms with Gasteiger partial charge >= 0.3 is 12.6 Å². The van der Waals surface area contributed by atoms with Gasteiger partial charge in [0.1, 0.15) is 11.3 Å². The van der Waals surface area contributed by atoms with E-state index in [4.69, 9.17) is 4.74 Å². The largest absolute Gasteiger partial charge is 0.478 e. The summed E-state index contributed by atoms with van der Waals surface area (Å²) >= 11 is 0. The van der Waals surface area contributed by atoms with Crippen molar-refractivity contribution in [2.45, 2.75) is 13.5 Å². The first-order valence-corrected chi connectivity index (χ1v) is 9.47. The number of rotatable bonds is 6. The average molecular weight is 420 g/mol. The van der Waals surface area contributed by atoms with Crippen LogP contribution in [0.1, 0.15) is 16.1 Å². The molecule has 1 aromatic heterocycles. The van der Waals surface area contributed by atoms with Gasteiger partial charge in [-0.05, 0) is 30.2 Å². The molecule has 156 valence electrons. The molecular weight excluding hydrogens is 402 g/mol. The van der Waals surface area contributed by atoms with Crippen molar-refractivity contribution in [2.75, 3.05) is 0 Å². The van der Waals surface area contributed by atoms with E-state index >= 15 is 0 Å². The molecule has 0 saturated carbocycles. The average Bonchev–Trinajstić information content (AvgIpc) is 3.16. The minimum Gasteiger partial charge on any atom is -0.478 e. The smallest absolute Gasteiger partial charge is 0.387 e. The van der Waals surface area contributed by atoms with E-state index in [1.807, 2.05) is 12.1 Å². The van der Waals surface area contributed by atoms with E-state index in [2.05, 4.69) is 5.10 Å². The van der Waals surface area contributed by atoms with Crippen molar-refractivity contribution in [3.8, 4) is 33.7 Å². The van der Waals surface area contributed by atoms with Gasteiger partial charge in [0.15, 0.2) is 0 Å². The molecule has 0 aliphatic rings. The predicted octanol–water partition coefficient (Wildman–Crippen LogP) is 5.81. The zero-order valence-electron chi connectivity index (χ0n) is 16.5. The third kappa shape index (κ3) is 4.16. The summed E-state index contributed by atoms with van der Waals surface area (Å²) in [4.78, 5) is 11.5.